The highest BCUT2D eigenvalue weighted by Gasteiger charge is 2.28. The Bertz CT molecular complexity index is 765. The summed E-state index contributed by atoms with van der Waals surface area (Å²) in [5.74, 6) is 1.20. The molecule has 0 radical (unpaired) electrons. The summed E-state index contributed by atoms with van der Waals surface area (Å²) in [6.07, 6.45) is 6.99. The number of morpholine rings is 1. The number of carbonyl (C=O) groups excluding carboxylic acids is 1. The van der Waals surface area contributed by atoms with Crippen molar-refractivity contribution in [3.63, 3.8) is 0 Å². The third-order valence-electron chi connectivity index (χ3n) is 5.54. The second kappa shape index (κ2) is 9.41. The summed E-state index contributed by atoms with van der Waals surface area (Å²) < 4.78 is 7.71. The molecule has 6 nitrogen and oxygen atoms in total. The molecule has 2 aromatic rings. The quantitative estimate of drug-likeness (QED) is 0.666. The number of rotatable bonds is 6. The van der Waals surface area contributed by atoms with Crippen molar-refractivity contribution >= 4 is 29.0 Å². The van der Waals surface area contributed by atoms with Gasteiger partial charge in [-0.05, 0) is 31.2 Å². The van der Waals surface area contributed by atoms with Crippen LogP contribution in [0.1, 0.15) is 55.8 Å². The van der Waals surface area contributed by atoms with E-state index in [1.54, 1.807) is 23.1 Å². The molecular weight excluding hydrogens is 392 g/mol. The predicted molar refractivity (Wildman–Crippen MR) is 112 cm³/mol. The molecule has 3 heterocycles. The van der Waals surface area contributed by atoms with E-state index in [1.165, 1.54) is 37.0 Å². The minimum absolute atomic E-state index is 0.167. The van der Waals surface area contributed by atoms with Crippen molar-refractivity contribution in [1.82, 2.24) is 19.7 Å². The summed E-state index contributed by atoms with van der Waals surface area (Å²) in [7, 11) is 0. The molecule has 1 amide bonds. The summed E-state index contributed by atoms with van der Waals surface area (Å²) >= 11 is 3.32. The normalized spacial score (nSPS) is 19.7. The van der Waals surface area contributed by atoms with Crippen LogP contribution >= 0.6 is 23.1 Å². The number of amides is 1. The molecule has 1 aliphatic heterocycles. The average Bonchev–Trinajstić information content (AvgIpc) is 3.39. The van der Waals surface area contributed by atoms with Crippen LogP contribution in [0.5, 0.6) is 0 Å². The molecule has 0 aromatic carbocycles. The molecule has 1 saturated carbocycles. The number of nitrogens with zero attached hydrogens (tertiary/aromatic N) is 4. The molecule has 2 aliphatic rings. The Labute approximate surface area is 174 Å². The highest BCUT2D eigenvalue weighted by atomic mass is 32.2. The highest BCUT2D eigenvalue weighted by Crippen LogP contribution is 2.35. The van der Waals surface area contributed by atoms with E-state index in [0.29, 0.717) is 32.3 Å². The zero-order valence-corrected chi connectivity index (χ0v) is 18.0. The van der Waals surface area contributed by atoms with Gasteiger partial charge in [0.05, 0.1) is 18.5 Å². The first-order valence-corrected chi connectivity index (χ1v) is 12.0. The molecule has 0 N–H and O–H groups in total. The third kappa shape index (κ3) is 4.60. The Morgan fingerprint density at radius 3 is 2.79 bits per heavy atom. The maximum absolute atomic E-state index is 12.8. The Hall–Kier alpha value is -1.38. The molecule has 28 heavy (non-hydrogen) atoms. The first-order chi connectivity index (χ1) is 13.7. The fourth-order valence-electron chi connectivity index (χ4n) is 4.03. The lowest BCUT2D eigenvalue weighted by Gasteiger charge is -2.29. The van der Waals surface area contributed by atoms with Crippen LogP contribution in [0.25, 0.3) is 0 Å². The lowest BCUT2D eigenvalue weighted by Crippen LogP contribution is -2.44. The Morgan fingerprint density at radius 1 is 1.29 bits per heavy atom. The fourth-order valence-corrected chi connectivity index (χ4v) is 5.76. The van der Waals surface area contributed by atoms with Gasteiger partial charge in [-0.1, -0.05) is 37.1 Å². The van der Waals surface area contributed by atoms with Crippen LogP contribution in [0.3, 0.4) is 0 Å². The second-order valence-corrected chi connectivity index (χ2v) is 9.85. The molecular formula is C20H28N4O2S2. The highest BCUT2D eigenvalue weighted by molar-refractivity contribution is 8.00. The number of ether oxygens (including phenoxy) is 1. The van der Waals surface area contributed by atoms with E-state index in [-0.39, 0.29) is 11.2 Å². The second-order valence-electron chi connectivity index (χ2n) is 7.51. The zero-order valence-electron chi connectivity index (χ0n) is 16.4. The van der Waals surface area contributed by atoms with E-state index in [1.807, 2.05) is 11.8 Å². The number of thioether (sulfide) groups is 1. The van der Waals surface area contributed by atoms with Gasteiger partial charge < -0.3 is 14.2 Å². The maximum atomic E-state index is 12.8. The summed E-state index contributed by atoms with van der Waals surface area (Å²) in [6.45, 7) is 4.62. The molecule has 2 aromatic heterocycles. The molecule has 0 bridgehead atoms. The number of carbonyl (C=O) groups is 1. The van der Waals surface area contributed by atoms with E-state index in [9.17, 15) is 4.79 Å². The number of aromatic nitrogens is 3. The maximum Gasteiger partial charge on any atom is 0.236 e. The predicted octanol–water partition coefficient (Wildman–Crippen LogP) is 3.78. The van der Waals surface area contributed by atoms with Crippen LogP contribution < -0.4 is 0 Å². The first kappa shape index (κ1) is 19.9. The molecule has 2 fully saturated rings. The minimum atomic E-state index is -0.167. The van der Waals surface area contributed by atoms with E-state index in [2.05, 4.69) is 32.3 Å². The first-order valence-electron chi connectivity index (χ1n) is 10.2. The fraction of sp³-hybridized carbons (Fsp3) is 0.650. The van der Waals surface area contributed by atoms with Crippen molar-refractivity contribution in [1.29, 1.82) is 0 Å². The SMILES string of the molecule is CC(Sc1nnc(Cc2cccs2)n1C1CCCCC1)C(=O)N1CCOCC1. The van der Waals surface area contributed by atoms with Gasteiger partial charge in [0.15, 0.2) is 5.16 Å². The third-order valence-corrected chi connectivity index (χ3v) is 7.46. The standard InChI is InChI=1S/C20H28N4O2S2/c1-15(19(25)23-9-11-26-12-10-23)28-20-22-21-18(14-17-8-5-13-27-17)24(20)16-6-3-2-4-7-16/h5,8,13,15-16H,2-4,6-7,9-12,14H2,1H3. The molecule has 0 spiro atoms. The topological polar surface area (TPSA) is 60.2 Å². The lowest BCUT2D eigenvalue weighted by atomic mass is 9.95. The van der Waals surface area contributed by atoms with E-state index in [4.69, 9.17) is 4.74 Å². The van der Waals surface area contributed by atoms with E-state index >= 15 is 0 Å². The van der Waals surface area contributed by atoms with Gasteiger partial charge in [0, 0.05) is 30.4 Å². The molecule has 1 unspecified atom stereocenters. The molecule has 4 rings (SSSR count). The van der Waals surface area contributed by atoms with Crippen molar-refractivity contribution in [3.8, 4) is 0 Å². The minimum Gasteiger partial charge on any atom is -0.378 e. The van der Waals surface area contributed by atoms with Gasteiger partial charge >= 0.3 is 0 Å². The molecule has 1 saturated heterocycles. The van der Waals surface area contributed by atoms with Crippen LogP contribution in [0, 0.1) is 0 Å². The molecule has 152 valence electrons. The summed E-state index contributed by atoms with van der Waals surface area (Å²) in [5.41, 5.74) is 0. The number of hydrogen-bond donors (Lipinski definition) is 0. The van der Waals surface area contributed by atoms with Gasteiger partial charge in [0.25, 0.3) is 0 Å². The molecule has 1 aliphatic carbocycles. The smallest absolute Gasteiger partial charge is 0.236 e. The Kier molecular flexibility index (Phi) is 6.69. The number of hydrogen-bond acceptors (Lipinski definition) is 6. The largest absolute Gasteiger partial charge is 0.378 e. The summed E-state index contributed by atoms with van der Waals surface area (Å²) in [5, 5.41) is 11.9. The lowest BCUT2D eigenvalue weighted by molar-refractivity contribution is -0.134. The zero-order chi connectivity index (χ0) is 19.3. The Balaban J connectivity index is 1.53. The van der Waals surface area contributed by atoms with Gasteiger partial charge in [0.2, 0.25) is 5.91 Å². The van der Waals surface area contributed by atoms with Crippen molar-refractivity contribution in [2.75, 3.05) is 26.3 Å². The van der Waals surface area contributed by atoms with Gasteiger partial charge in [0.1, 0.15) is 5.82 Å². The van der Waals surface area contributed by atoms with Crippen LogP contribution in [-0.2, 0) is 16.0 Å². The summed E-state index contributed by atoms with van der Waals surface area (Å²) in [6, 6.07) is 4.69. The molecule has 8 heteroatoms. The summed E-state index contributed by atoms with van der Waals surface area (Å²) in [4.78, 5) is 16.1. The van der Waals surface area contributed by atoms with Crippen LogP contribution in [0.2, 0.25) is 0 Å². The van der Waals surface area contributed by atoms with Gasteiger partial charge in [-0.25, -0.2) is 0 Å². The van der Waals surface area contributed by atoms with Crippen LogP contribution in [0.4, 0.5) is 0 Å². The van der Waals surface area contributed by atoms with Crippen molar-refractivity contribution in [3.05, 3.63) is 28.2 Å². The molecule has 1 atom stereocenters. The van der Waals surface area contributed by atoms with Gasteiger partial charge in [-0.2, -0.15) is 0 Å². The van der Waals surface area contributed by atoms with Crippen LogP contribution in [0.15, 0.2) is 22.7 Å². The average molecular weight is 421 g/mol. The Morgan fingerprint density at radius 2 is 2.07 bits per heavy atom. The van der Waals surface area contributed by atoms with Crippen molar-refractivity contribution in [2.24, 2.45) is 0 Å². The monoisotopic (exact) mass is 420 g/mol. The van der Waals surface area contributed by atoms with Crippen LogP contribution in [-0.4, -0.2) is 57.1 Å². The van der Waals surface area contributed by atoms with Gasteiger partial charge in [-0.15, -0.1) is 21.5 Å². The van der Waals surface area contributed by atoms with Crippen molar-refractivity contribution < 1.29 is 9.53 Å². The van der Waals surface area contributed by atoms with Crippen molar-refractivity contribution in [2.45, 2.75) is 61.9 Å². The van der Waals surface area contributed by atoms with E-state index < -0.39 is 0 Å². The van der Waals surface area contributed by atoms with Gasteiger partial charge in [-0.3, -0.25) is 4.79 Å². The van der Waals surface area contributed by atoms with E-state index in [0.717, 1.165) is 17.4 Å². The number of thiophene rings is 1.